The normalized spacial score (nSPS) is 14.6. The summed E-state index contributed by atoms with van der Waals surface area (Å²) in [5, 5.41) is 4.74. The molecule has 0 aliphatic carbocycles. The molecule has 6 heteroatoms. The Morgan fingerprint density at radius 3 is 2.85 bits per heavy atom. The Hall–Kier alpha value is -2.14. The fourth-order valence-corrected chi connectivity index (χ4v) is 2.18. The van der Waals surface area contributed by atoms with Crippen LogP contribution in [0.3, 0.4) is 0 Å². The van der Waals surface area contributed by atoms with Crippen LogP contribution < -0.4 is 0 Å². The number of carbonyl (C=O) groups excluding carboxylic acids is 1. The lowest BCUT2D eigenvalue weighted by Gasteiger charge is -2.22. The molecule has 0 saturated heterocycles. The summed E-state index contributed by atoms with van der Waals surface area (Å²) >= 11 is 5.80. The molecular weight excluding hydrogens is 276 g/mol. The fraction of sp³-hybridized carbons (Fsp3) is 0.214. The Labute approximate surface area is 121 Å². The molecule has 20 heavy (non-hydrogen) atoms. The highest BCUT2D eigenvalue weighted by molar-refractivity contribution is 6.30. The highest BCUT2D eigenvalue weighted by atomic mass is 35.5. The second kappa shape index (κ2) is 5.46. The summed E-state index contributed by atoms with van der Waals surface area (Å²) in [6, 6.07) is 3.50. The monoisotopic (exact) mass is 288 g/mol. The first kappa shape index (κ1) is 12.9. The predicted molar refractivity (Wildman–Crippen MR) is 76.0 cm³/mol. The summed E-state index contributed by atoms with van der Waals surface area (Å²) in [5.41, 5.74) is 0.567. The van der Waals surface area contributed by atoms with E-state index in [2.05, 4.69) is 16.2 Å². The van der Waals surface area contributed by atoms with E-state index in [1.165, 1.54) is 0 Å². The van der Waals surface area contributed by atoms with Crippen molar-refractivity contribution in [1.82, 2.24) is 19.7 Å². The van der Waals surface area contributed by atoms with Crippen LogP contribution in [0.15, 0.2) is 42.9 Å². The summed E-state index contributed by atoms with van der Waals surface area (Å²) < 4.78 is 1.57. The lowest BCUT2D eigenvalue weighted by molar-refractivity contribution is 0.0771. The molecule has 0 radical (unpaired) electrons. The lowest BCUT2D eigenvalue weighted by Crippen LogP contribution is -2.33. The van der Waals surface area contributed by atoms with Gasteiger partial charge in [-0.05, 0) is 18.6 Å². The summed E-state index contributed by atoms with van der Waals surface area (Å²) in [6.45, 7) is 1.41. The minimum atomic E-state index is -0.00503. The number of amides is 1. The van der Waals surface area contributed by atoms with Gasteiger partial charge in [0.1, 0.15) is 0 Å². The van der Waals surface area contributed by atoms with E-state index >= 15 is 0 Å². The van der Waals surface area contributed by atoms with Crippen molar-refractivity contribution >= 4 is 17.5 Å². The van der Waals surface area contributed by atoms with E-state index in [9.17, 15) is 4.79 Å². The third-order valence-corrected chi connectivity index (χ3v) is 3.34. The molecular formula is C14H13ClN4O. The number of pyridine rings is 1. The Kier molecular flexibility index (Phi) is 3.52. The zero-order valence-electron chi connectivity index (χ0n) is 10.7. The van der Waals surface area contributed by atoms with Gasteiger partial charge in [0.25, 0.3) is 5.91 Å². The van der Waals surface area contributed by atoms with Crippen LogP contribution in [-0.4, -0.2) is 38.7 Å². The number of hydrogen-bond acceptors (Lipinski definition) is 3. The molecule has 0 fully saturated rings. The first-order valence-corrected chi connectivity index (χ1v) is 6.73. The third-order valence-electron chi connectivity index (χ3n) is 3.12. The largest absolute Gasteiger partial charge is 0.335 e. The van der Waals surface area contributed by atoms with Crippen LogP contribution in [0.25, 0.3) is 5.82 Å². The van der Waals surface area contributed by atoms with E-state index in [1.54, 1.807) is 40.3 Å². The first-order chi connectivity index (χ1) is 9.74. The van der Waals surface area contributed by atoms with E-state index in [0.717, 1.165) is 13.0 Å². The average molecular weight is 289 g/mol. The summed E-state index contributed by atoms with van der Waals surface area (Å²) in [4.78, 5) is 18.3. The van der Waals surface area contributed by atoms with Crippen LogP contribution in [0.5, 0.6) is 0 Å². The smallest absolute Gasteiger partial charge is 0.257 e. The number of aromatic nitrogens is 3. The standard InChI is InChI=1S/C14H13ClN4O/c15-12-4-5-13(16-9-12)19-10-11(8-17-19)14(20)18-6-2-1-3-7-18/h1-2,4-5,8-10H,3,6-7H2. The maximum absolute atomic E-state index is 12.3. The van der Waals surface area contributed by atoms with E-state index < -0.39 is 0 Å². The van der Waals surface area contributed by atoms with Crippen molar-refractivity contribution in [3.05, 3.63) is 53.5 Å². The molecule has 0 N–H and O–H groups in total. The number of hydrogen-bond donors (Lipinski definition) is 0. The molecule has 2 aromatic heterocycles. The molecule has 0 aromatic carbocycles. The van der Waals surface area contributed by atoms with Crippen molar-refractivity contribution < 1.29 is 4.79 Å². The van der Waals surface area contributed by atoms with Gasteiger partial charge >= 0.3 is 0 Å². The van der Waals surface area contributed by atoms with Crippen LogP contribution >= 0.6 is 11.6 Å². The molecule has 0 spiro atoms. The van der Waals surface area contributed by atoms with E-state index in [0.29, 0.717) is 22.9 Å². The zero-order valence-corrected chi connectivity index (χ0v) is 11.5. The van der Waals surface area contributed by atoms with Gasteiger partial charge in [-0.3, -0.25) is 4.79 Å². The summed E-state index contributed by atoms with van der Waals surface area (Å²) in [5.74, 6) is 0.626. The van der Waals surface area contributed by atoms with Crippen LogP contribution in [0, 0.1) is 0 Å². The van der Waals surface area contributed by atoms with E-state index in [4.69, 9.17) is 11.6 Å². The SMILES string of the molecule is O=C(c1cnn(-c2ccc(Cl)cn2)c1)N1CC=CCC1. The van der Waals surface area contributed by atoms with Gasteiger partial charge in [-0.1, -0.05) is 23.8 Å². The molecule has 1 amide bonds. The quantitative estimate of drug-likeness (QED) is 0.797. The second-order valence-corrected chi connectivity index (χ2v) is 4.96. The summed E-state index contributed by atoms with van der Waals surface area (Å²) in [6.07, 6.45) is 9.80. The number of nitrogens with zero attached hydrogens (tertiary/aromatic N) is 4. The maximum Gasteiger partial charge on any atom is 0.257 e. The Bertz CT molecular complexity index is 647. The Balaban J connectivity index is 1.81. The molecule has 102 valence electrons. The van der Waals surface area contributed by atoms with Gasteiger partial charge in [-0.15, -0.1) is 0 Å². The molecule has 0 bridgehead atoms. The van der Waals surface area contributed by atoms with Crippen LogP contribution in [0.2, 0.25) is 5.02 Å². The van der Waals surface area contributed by atoms with Gasteiger partial charge in [-0.2, -0.15) is 5.10 Å². The molecule has 0 saturated carbocycles. The molecule has 2 aromatic rings. The maximum atomic E-state index is 12.3. The van der Waals surface area contributed by atoms with Gasteiger partial charge in [0.15, 0.2) is 5.82 Å². The molecule has 0 unspecified atom stereocenters. The Morgan fingerprint density at radius 1 is 1.25 bits per heavy atom. The van der Waals surface area contributed by atoms with Gasteiger partial charge < -0.3 is 4.90 Å². The van der Waals surface area contributed by atoms with Crippen molar-refractivity contribution in [1.29, 1.82) is 0 Å². The van der Waals surface area contributed by atoms with Crippen LogP contribution in [-0.2, 0) is 0 Å². The zero-order chi connectivity index (χ0) is 13.9. The number of halogens is 1. The van der Waals surface area contributed by atoms with Gasteiger partial charge in [0.05, 0.1) is 16.8 Å². The van der Waals surface area contributed by atoms with Crippen LogP contribution in [0.4, 0.5) is 0 Å². The minimum absolute atomic E-state index is 0.00503. The molecule has 5 nitrogen and oxygen atoms in total. The van der Waals surface area contributed by atoms with E-state index in [-0.39, 0.29) is 5.91 Å². The molecule has 0 atom stereocenters. The molecule has 1 aliphatic rings. The lowest BCUT2D eigenvalue weighted by atomic mass is 10.2. The highest BCUT2D eigenvalue weighted by Gasteiger charge is 2.17. The topological polar surface area (TPSA) is 51.0 Å². The van der Waals surface area contributed by atoms with Crippen molar-refractivity contribution in [2.24, 2.45) is 0 Å². The fourth-order valence-electron chi connectivity index (χ4n) is 2.07. The number of carbonyl (C=O) groups is 1. The second-order valence-electron chi connectivity index (χ2n) is 4.52. The van der Waals surface area contributed by atoms with Crippen molar-refractivity contribution in [2.45, 2.75) is 6.42 Å². The molecule has 3 rings (SSSR count). The van der Waals surface area contributed by atoms with Crippen molar-refractivity contribution in [2.75, 3.05) is 13.1 Å². The van der Waals surface area contributed by atoms with Crippen LogP contribution in [0.1, 0.15) is 16.8 Å². The highest BCUT2D eigenvalue weighted by Crippen LogP contribution is 2.12. The Morgan fingerprint density at radius 2 is 2.15 bits per heavy atom. The van der Waals surface area contributed by atoms with Gasteiger partial charge in [0, 0.05) is 25.5 Å². The number of rotatable bonds is 2. The van der Waals surface area contributed by atoms with Gasteiger partial charge in [0.2, 0.25) is 0 Å². The molecule has 3 heterocycles. The third kappa shape index (κ3) is 2.58. The summed E-state index contributed by atoms with van der Waals surface area (Å²) in [7, 11) is 0. The molecule has 1 aliphatic heterocycles. The minimum Gasteiger partial charge on any atom is -0.335 e. The van der Waals surface area contributed by atoms with Crippen molar-refractivity contribution in [3.63, 3.8) is 0 Å². The van der Waals surface area contributed by atoms with E-state index in [1.807, 2.05) is 6.08 Å². The predicted octanol–water partition coefficient (Wildman–Crippen LogP) is 2.32. The first-order valence-electron chi connectivity index (χ1n) is 6.35. The van der Waals surface area contributed by atoms with Crippen molar-refractivity contribution in [3.8, 4) is 5.82 Å². The van der Waals surface area contributed by atoms with Gasteiger partial charge in [-0.25, -0.2) is 9.67 Å². The average Bonchev–Trinajstić information content (AvgIpc) is 2.98.